The van der Waals surface area contributed by atoms with Crippen molar-refractivity contribution in [2.24, 2.45) is 0 Å². The molecular weight excluding hydrogens is 389 g/mol. The Balaban J connectivity index is 2.07. The molecule has 0 radical (unpaired) electrons. The summed E-state index contributed by atoms with van der Waals surface area (Å²) in [5.41, 5.74) is 3.39. The van der Waals surface area contributed by atoms with Crippen molar-refractivity contribution in [3.05, 3.63) is 34.2 Å². The molecule has 3 aromatic rings. The molecule has 0 unspecified atom stereocenters. The Kier molecular flexibility index (Phi) is 4.46. The number of ether oxygens (including phenoxy) is 1. The number of hydrogen-bond donors (Lipinski definition) is 1. The third-order valence-electron chi connectivity index (χ3n) is 4.75. The van der Waals surface area contributed by atoms with Gasteiger partial charge in [0.25, 0.3) is 0 Å². The summed E-state index contributed by atoms with van der Waals surface area (Å²) in [5, 5.41) is 17.3. The molecule has 1 amide bonds. The number of aromatic nitrogens is 3. The Morgan fingerprint density at radius 2 is 2.26 bits per heavy atom. The van der Waals surface area contributed by atoms with Gasteiger partial charge < -0.3 is 14.2 Å². The summed E-state index contributed by atoms with van der Waals surface area (Å²) in [6, 6.07) is 3.60. The molecule has 9 heteroatoms. The fourth-order valence-corrected chi connectivity index (χ4v) is 4.02. The molecular formula is C18H15Cl2N5O2. The Bertz CT molecular complexity index is 1080. The van der Waals surface area contributed by atoms with Gasteiger partial charge >= 0.3 is 0 Å². The summed E-state index contributed by atoms with van der Waals surface area (Å²) in [4.78, 5) is 13.7. The van der Waals surface area contributed by atoms with Crippen molar-refractivity contribution in [2.45, 2.75) is 20.0 Å². The maximum atomic E-state index is 11.9. The van der Waals surface area contributed by atoms with E-state index >= 15 is 0 Å². The fourth-order valence-electron chi connectivity index (χ4n) is 3.58. The highest BCUT2D eigenvalue weighted by Crippen LogP contribution is 2.46. The lowest BCUT2D eigenvalue weighted by atomic mass is 10.0. The molecule has 7 nitrogen and oxygen atoms in total. The molecule has 138 valence electrons. The number of carbonyl (C=O) groups excluding carboxylic acids is 1. The Labute approximate surface area is 165 Å². The van der Waals surface area contributed by atoms with Gasteiger partial charge in [-0.25, -0.2) is 0 Å². The number of aromatic amines is 1. The second kappa shape index (κ2) is 6.80. The van der Waals surface area contributed by atoms with Gasteiger partial charge in [-0.15, -0.1) is 0 Å². The van der Waals surface area contributed by atoms with E-state index in [-0.39, 0.29) is 12.5 Å². The number of fused-ring (bicyclic) bond motifs is 3. The third kappa shape index (κ3) is 2.82. The Morgan fingerprint density at radius 1 is 1.44 bits per heavy atom. The lowest BCUT2D eigenvalue weighted by molar-refractivity contribution is -0.130. The molecule has 0 saturated heterocycles. The van der Waals surface area contributed by atoms with E-state index < -0.39 is 0 Å². The van der Waals surface area contributed by atoms with Crippen LogP contribution in [0.15, 0.2) is 18.5 Å². The lowest BCUT2D eigenvalue weighted by Gasteiger charge is -2.29. The molecule has 0 aliphatic carbocycles. The van der Waals surface area contributed by atoms with E-state index in [4.69, 9.17) is 33.2 Å². The predicted molar refractivity (Wildman–Crippen MR) is 102 cm³/mol. The maximum absolute atomic E-state index is 11.9. The molecule has 1 aliphatic rings. The van der Waals surface area contributed by atoms with Crippen LogP contribution in [0.4, 0.5) is 0 Å². The second-order valence-electron chi connectivity index (χ2n) is 6.24. The topological polar surface area (TPSA) is 86.9 Å². The number of H-pyrrole nitrogens is 1. The van der Waals surface area contributed by atoms with Crippen molar-refractivity contribution in [1.29, 1.82) is 5.26 Å². The Morgan fingerprint density at radius 3 is 2.93 bits per heavy atom. The first-order valence-corrected chi connectivity index (χ1v) is 9.06. The van der Waals surface area contributed by atoms with E-state index in [1.165, 1.54) is 0 Å². The van der Waals surface area contributed by atoms with Crippen LogP contribution in [0.2, 0.25) is 10.0 Å². The van der Waals surface area contributed by atoms with Gasteiger partial charge in [0.15, 0.2) is 6.61 Å². The smallest absolute Gasteiger partial charge is 0.219 e. The fraction of sp³-hybridized carbons (Fsp3) is 0.278. The molecule has 3 heterocycles. The van der Waals surface area contributed by atoms with E-state index in [0.29, 0.717) is 35.4 Å². The van der Waals surface area contributed by atoms with Gasteiger partial charge in [-0.05, 0) is 0 Å². The highest BCUT2D eigenvalue weighted by molar-refractivity contribution is 6.45. The largest absolute Gasteiger partial charge is 0.478 e. The van der Waals surface area contributed by atoms with Gasteiger partial charge in [0.1, 0.15) is 11.8 Å². The van der Waals surface area contributed by atoms with Crippen molar-refractivity contribution < 1.29 is 9.53 Å². The van der Waals surface area contributed by atoms with Crippen LogP contribution in [0.3, 0.4) is 0 Å². The molecule has 1 aromatic carbocycles. The standard InChI is InChI=1S/C18H15Cl2N5O2/c1-10(26)24-3-4-25-13(9-24)15(11-7-22-23-8-11)16-14(27-5-2-21)6-12(19)17(20)18(16)25/h6-8H,3-5,9H2,1H3,(H,22,23). The number of benzene rings is 1. The number of nitrogens with zero attached hydrogens (tertiary/aromatic N) is 4. The molecule has 0 atom stereocenters. The van der Waals surface area contributed by atoms with Crippen LogP contribution in [0.5, 0.6) is 5.75 Å². The second-order valence-corrected chi connectivity index (χ2v) is 7.03. The first kappa shape index (κ1) is 17.7. The van der Waals surface area contributed by atoms with Crippen LogP contribution < -0.4 is 4.74 Å². The van der Waals surface area contributed by atoms with Crippen molar-refractivity contribution >= 4 is 40.0 Å². The summed E-state index contributed by atoms with van der Waals surface area (Å²) in [6.45, 7) is 3.05. The molecule has 1 aliphatic heterocycles. The summed E-state index contributed by atoms with van der Waals surface area (Å²) >= 11 is 12.9. The molecule has 27 heavy (non-hydrogen) atoms. The van der Waals surface area contributed by atoms with Crippen molar-refractivity contribution in [2.75, 3.05) is 13.2 Å². The van der Waals surface area contributed by atoms with E-state index in [2.05, 4.69) is 14.8 Å². The van der Waals surface area contributed by atoms with Gasteiger partial charge in [0, 0.05) is 49.1 Å². The molecule has 0 spiro atoms. The molecule has 4 rings (SSSR count). The number of nitriles is 1. The molecule has 2 aromatic heterocycles. The number of carbonyl (C=O) groups is 1. The van der Waals surface area contributed by atoms with Crippen molar-refractivity contribution in [1.82, 2.24) is 19.7 Å². The van der Waals surface area contributed by atoms with Crippen LogP contribution in [-0.4, -0.2) is 38.7 Å². The zero-order valence-electron chi connectivity index (χ0n) is 14.4. The lowest BCUT2D eigenvalue weighted by Crippen LogP contribution is -2.36. The third-order valence-corrected chi connectivity index (χ3v) is 5.53. The van der Waals surface area contributed by atoms with Gasteiger partial charge in [-0.3, -0.25) is 9.89 Å². The predicted octanol–water partition coefficient (Wildman–Crippen LogP) is 3.60. The highest BCUT2D eigenvalue weighted by atomic mass is 35.5. The number of amides is 1. The van der Waals surface area contributed by atoms with Crippen LogP contribution >= 0.6 is 23.2 Å². The molecule has 0 bridgehead atoms. The summed E-state index contributed by atoms with van der Waals surface area (Å²) in [7, 11) is 0. The monoisotopic (exact) mass is 403 g/mol. The average Bonchev–Trinajstić information content (AvgIpc) is 3.28. The average molecular weight is 404 g/mol. The normalized spacial score (nSPS) is 13.5. The number of rotatable bonds is 3. The van der Waals surface area contributed by atoms with Gasteiger partial charge in [0.05, 0.1) is 33.7 Å². The SMILES string of the molecule is CC(=O)N1CCn2c(c(-c3cn[nH]c3)c3c(OCC#N)cc(Cl)c(Cl)c32)C1. The summed E-state index contributed by atoms with van der Waals surface area (Å²) in [5.74, 6) is 0.489. The van der Waals surface area contributed by atoms with Crippen LogP contribution in [0, 0.1) is 11.3 Å². The maximum Gasteiger partial charge on any atom is 0.219 e. The number of hydrogen-bond acceptors (Lipinski definition) is 4. The van der Waals surface area contributed by atoms with E-state index in [1.807, 2.05) is 6.07 Å². The minimum absolute atomic E-state index is 0.00901. The quantitative estimate of drug-likeness (QED) is 0.723. The van der Waals surface area contributed by atoms with E-state index in [1.54, 1.807) is 30.3 Å². The Hall–Kier alpha value is -2.69. The van der Waals surface area contributed by atoms with E-state index in [0.717, 1.165) is 27.7 Å². The number of halogens is 2. The van der Waals surface area contributed by atoms with Crippen LogP contribution in [0.1, 0.15) is 12.6 Å². The minimum atomic E-state index is -0.113. The first-order valence-electron chi connectivity index (χ1n) is 8.30. The molecule has 0 fully saturated rings. The van der Waals surface area contributed by atoms with Crippen LogP contribution in [-0.2, 0) is 17.9 Å². The van der Waals surface area contributed by atoms with Gasteiger partial charge in [-0.2, -0.15) is 10.4 Å². The van der Waals surface area contributed by atoms with Crippen molar-refractivity contribution in [3.63, 3.8) is 0 Å². The zero-order valence-corrected chi connectivity index (χ0v) is 15.9. The molecule has 1 N–H and O–H groups in total. The zero-order chi connectivity index (χ0) is 19.1. The van der Waals surface area contributed by atoms with Crippen molar-refractivity contribution in [3.8, 4) is 22.9 Å². The van der Waals surface area contributed by atoms with Gasteiger partial charge in [-0.1, -0.05) is 23.2 Å². The van der Waals surface area contributed by atoms with Crippen LogP contribution in [0.25, 0.3) is 22.0 Å². The first-order chi connectivity index (χ1) is 13.0. The molecule has 0 saturated carbocycles. The highest BCUT2D eigenvalue weighted by Gasteiger charge is 2.30. The summed E-state index contributed by atoms with van der Waals surface area (Å²) in [6.07, 6.45) is 3.48. The van der Waals surface area contributed by atoms with Gasteiger partial charge in [0.2, 0.25) is 5.91 Å². The number of nitrogens with one attached hydrogen (secondary N) is 1. The summed E-state index contributed by atoms with van der Waals surface area (Å²) < 4.78 is 7.74. The minimum Gasteiger partial charge on any atom is -0.478 e. The van der Waals surface area contributed by atoms with E-state index in [9.17, 15) is 4.79 Å².